The van der Waals surface area contributed by atoms with E-state index in [9.17, 15) is 5.11 Å². The van der Waals surface area contributed by atoms with Crippen molar-refractivity contribution >= 4 is 11.3 Å². The van der Waals surface area contributed by atoms with Gasteiger partial charge in [-0.3, -0.25) is 0 Å². The number of aliphatic hydroxyl groups is 1. The molecule has 0 amide bonds. The molecule has 1 heterocycles. The summed E-state index contributed by atoms with van der Waals surface area (Å²) in [6.45, 7) is 1.55. The highest BCUT2D eigenvalue weighted by molar-refractivity contribution is 7.09. The molecule has 1 aromatic carbocycles. The van der Waals surface area contributed by atoms with Crippen LogP contribution < -0.4 is 14.8 Å². The van der Waals surface area contributed by atoms with Gasteiger partial charge in [-0.15, -0.1) is 11.3 Å². The molecule has 0 saturated heterocycles. The van der Waals surface area contributed by atoms with Crippen molar-refractivity contribution in [3.8, 4) is 11.5 Å². The molecule has 0 bridgehead atoms. The van der Waals surface area contributed by atoms with Gasteiger partial charge in [0.25, 0.3) is 0 Å². The van der Waals surface area contributed by atoms with E-state index in [4.69, 9.17) is 9.47 Å². The Kier molecular flexibility index (Phi) is 5.86. The van der Waals surface area contributed by atoms with E-state index in [1.54, 1.807) is 18.4 Å². The first-order valence-electron chi connectivity index (χ1n) is 6.46. The third-order valence-electron chi connectivity index (χ3n) is 2.76. The summed E-state index contributed by atoms with van der Waals surface area (Å²) < 4.78 is 10.6. The Bertz CT molecular complexity index is 484. The van der Waals surface area contributed by atoms with Crippen LogP contribution in [0.25, 0.3) is 0 Å². The SMILES string of the molecule is COc1ccc(OCC(O)CNCc2cccs2)cc1. The van der Waals surface area contributed by atoms with E-state index in [0.29, 0.717) is 6.54 Å². The number of nitrogens with one attached hydrogen (secondary N) is 1. The summed E-state index contributed by atoms with van der Waals surface area (Å²) in [4.78, 5) is 1.26. The molecule has 0 radical (unpaired) electrons. The van der Waals surface area contributed by atoms with E-state index in [1.807, 2.05) is 35.7 Å². The Morgan fingerprint density at radius 1 is 1.20 bits per heavy atom. The fraction of sp³-hybridized carbons (Fsp3) is 0.333. The fourth-order valence-electron chi connectivity index (χ4n) is 1.70. The molecule has 0 aliphatic heterocycles. The van der Waals surface area contributed by atoms with E-state index in [2.05, 4.69) is 11.4 Å². The van der Waals surface area contributed by atoms with Gasteiger partial charge in [-0.05, 0) is 35.7 Å². The number of aliphatic hydroxyl groups excluding tert-OH is 1. The number of hydrogen-bond donors (Lipinski definition) is 2. The number of thiophene rings is 1. The van der Waals surface area contributed by atoms with Crippen molar-refractivity contribution in [2.75, 3.05) is 20.3 Å². The van der Waals surface area contributed by atoms with Crippen LogP contribution in [0.5, 0.6) is 11.5 Å². The summed E-state index contributed by atoms with van der Waals surface area (Å²) in [5.41, 5.74) is 0. The third kappa shape index (κ3) is 4.85. The van der Waals surface area contributed by atoms with Gasteiger partial charge in [0.05, 0.1) is 7.11 Å². The predicted octanol–water partition coefficient (Wildman–Crippen LogP) is 2.29. The Morgan fingerprint density at radius 3 is 2.60 bits per heavy atom. The smallest absolute Gasteiger partial charge is 0.119 e. The van der Waals surface area contributed by atoms with Crippen LogP contribution in [-0.4, -0.2) is 31.5 Å². The van der Waals surface area contributed by atoms with Crippen LogP contribution in [0.2, 0.25) is 0 Å². The van der Waals surface area contributed by atoms with E-state index < -0.39 is 6.10 Å². The zero-order valence-corrected chi connectivity index (χ0v) is 12.2. The van der Waals surface area contributed by atoms with Crippen LogP contribution in [0.1, 0.15) is 4.88 Å². The molecule has 0 spiro atoms. The van der Waals surface area contributed by atoms with E-state index >= 15 is 0 Å². The van der Waals surface area contributed by atoms with Gasteiger partial charge in [-0.25, -0.2) is 0 Å². The van der Waals surface area contributed by atoms with Crippen LogP contribution in [0.15, 0.2) is 41.8 Å². The van der Waals surface area contributed by atoms with Gasteiger partial charge in [-0.2, -0.15) is 0 Å². The topological polar surface area (TPSA) is 50.7 Å². The lowest BCUT2D eigenvalue weighted by molar-refractivity contribution is 0.106. The maximum absolute atomic E-state index is 9.83. The van der Waals surface area contributed by atoms with Crippen molar-refractivity contribution in [1.82, 2.24) is 5.32 Å². The predicted molar refractivity (Wildman–Crippen MR) is 80.5 cm³/mol. The van der Waals surface area contributed by atoms with Crippen molar-refractivity contribution < 1.29 is 14.6 Å². The van der Waals surface area contributed by atoms with E-state index in [-0.39, 0.29) is 6.61 Å². The van der Waals surface area contributed by atoms with Crippen molar-refractivity contribution in [3.05, 3.63) is 46.7 Å². The largest absolute Gasteiger partial charge is 0.497 e. The van der Waals surface area contributed by atoms with Crippen molar-refractivity contribution in [2.24, 2.45) is 0 Å². The third-order valence-corrected chi connectivity index (χ3v) is 3.64. The van der Waals surface area contributed by atoms with Gasteiger partial charge < -0.3 is 19.9 Å². The summed E-state index contributed by atoms with van der Waals surface area (Å²) in [6, 6.07) is 11.4. The Hall–Kier alpha value is -1.56. The maximum Gasteiger partial charge on any atom is 0.119 e. The lowest BCUT2D eigenvalue weighted by Crippen LogP contribution is -2.30. The molecular weight excluding hydrogens is 274 g/mol. The standard InChI is InChI=1S/C15H19NO3S/c1-18-13-4-6-14(7-5-13)19-11-12(17)9-16-10-15-3-2-8-20-15/h2-8,12,16-17H,9-11H2,1H3. The molecule has 1 atom stereocenters. The Morgan fingerprint density at radius 2 is 1.95 bits per heavy atom. The molecule has 20 heavy (non-hydrogen) atoms. The summed E-state index contributed by atoms with van der Waals surface area (Å²) >= 11 is 1.70. The zero-order chi connectivity index (χ0) is 14.2. The van der Waals surface area contributed by atoms with Gasteiger partial charge in [0.15, 0.2) is 0 Å². The molecule has 5 heteroatoms. The summed E-state index contributed by atoms with van der Waals surface area (Å²) in [5.74, 6) is 1.51. The fourth-order valence-corrected chi connectivity index (χ4v) is 2.37. The van der Waals surface area contributed by atoms with E-state index in [0.717, 1.165) is 18.0 Å². The first-order valence-corrected chi connectivity index (χ1v) is 7.34. The van der Waals surface area contributed by atoms with Crippen molar-refractivity contribution in [2.45, 2.75) is 12.6 Å². The Labute approximate surface area is 123 Å². The van der Waals surface area contributed by atoms with Gasteiger partial charge in [0.2, 0.25) is 0 Å². The van der Waals surface area contributed by atoms with Crippen LogP contribution in [0, 0.1) is 0 Å². The Balaban J connectivity index is 1.65. The van der Waals surface area contributed by atoms with Crippen LogP contribution in [0.4, 0.5) is 0 Å². The minimum Gasteiger partial charge on any atom is -0.497 e. The number of hydrogen-bond acceptors (Lipinski definition) is 5. The summed E-state index contributed by atoms with van der Waals surface area (Å²) in [5, 5.41) is 15.1. The second-order valence-electron chi connectivity index (χ2n) is 4.35. The first kappa shape index (κ1) is 14.8. The molecule has 2 aromatic rings. The maximum atomic E-state index is 9.83. The molecule has 2 N–H and O–H groups in total. The zero-order valence-electron chi connectivity index (χ0n) is 11.4. The average Bonchev–Trinajstić information content (AvgIpc) is 2.99. The number of ether oxygens (including phenoxy) is 2. The molecule has 108 valence electrons. The van der Waals surface area contributed by atoms with Crippen LogP contribution in [0.3, 0.4) is 0 Å². The van der Waals surface area contributed by atoms with Crippen LogP contribution >= 0.6 is 11.3 Å². The monoisotopic (exact) mass is 293 g/mol. The molecule has 4 nitrogen and oxygen atoms in total. The molecule has 0 saturated carbocycles. The van der Waals surface area contributed by atoms with Crippen LogP contribution in [-0.2, 0) is 6.54 Å². The quantitative estimate of drug-likeness (QED) is 0.784. The number of methoxy groups -OCH3 is 1. The second-order valence-corrected chi connectivity index (χ2v) is 5.38. The molecule has 0 aliphatic rings. The summed E-state index contributed by atoms with van der Waals surface area (Å²) in [7, 11) is 1.62. The van der Waals surface area contributed by atoms with Crippen molar-refractivity contribution in [1.29, 1.82) is 0 Å². The molecule has 0 fully saturated rings. The molecule has 1 aromatic heterocycles. The van der Waals surface area contributed by atoms with Crippen molar-refractivity contribution in [3.63, 3.8) is 0 Å². The minimum atomic E-state index is -0.530. The molecular formula is C15H19NO3S. The number of rotatable bonds is 8. The normalized spacial score (nSPS) is 12.1. The van der Waals surface area contributed by atoms with E-state index in [1.165, 1.54) is 4.88 Å². The molecule has 0 aliphatic carbocycles. The lowest BCUT2D eigenvalue weighted by Gasteiger charge is -2.13. The van der Waals surface area contributed by atoms with Gasteiger partial charge in [0.1, 0.15) is 24.2 Å². The average molecular weight is 293 g/mol. The minimum absolute atomic E-state index is 0.268. The molecule has 2 rings (SSSR count). The highest BCUT2D eigenvalue weighted by atomic mass is 32.1. The lowest BCUT2D eigenvalue weighted by atomic mass is 10.3. The van der Waals surface area contributed by atoms with Gasteiger partial charge in [0, 0.05) is 18.0 Å². The van der Waals surface area contributed by atoms with Gasteiger partial charge in [-0.1, -0.05) is 6.07 Å². The highest BCUT2D eigenvalue weighted by Gasteiger charge is 2.05. The first-order chi connectivity index (χ1) is 9.78. The number of benzene rings is 1. The van der Waals surface area contributed by atoms with Gasteiger partial charge >= 0.3 is 0 Å². The highest BCUT2D eigenvalue weighted by Crippen LogP contribution is 2.17. The second kappa shape index (κ2) is 7.89. The molecule has 1 unspecified atom stereocenters. The summed E-state index contributed by atoms with van der Waals surface area (Å²) in [6.07, 6.45) is -0.530.